The van der Waals surface area contributed by atoms with Crippen LogP contribution in [0.1, 0.15) is 43.1 Å². The highest BCUT2D eigenvalue weighted by Crippen LogP contribution is 2.26. The first-order valence-corrected chi connectivity index (χ1v) is 11.3. The SMILES string of the molecule is CCCOc1ccc2ccccc2c1C=NNC(=O)C(NC(=O)c1cccc(Cl)c1)C(C)C. The lowest BCUT2D eigenvalue weighted by Crippen LogP contribution is -2.48. The molecular formula is C26H28ClN3O3. The van der Waals surface area contributed by atoms with Gasteiger partial charge in [0.15, 0.2) is 0 Å². The number of fused-ring (bicyclic) bond motifs is 1. The van der Waals surface area contributed by atoms with Crippen LogP contribution >= 0.6 is 11.6 Å². The van der Waals surface area contributed by atoms with Crippen LogP contribution in [0, 0.1) is 5.92 Å². The summed E-state index contributed by atoms with van der Waals surface area (Å²) in [6.07, 6.45) is 2.46. The average Bonchev–Trinajstić information content (AvgIpc) is 2.81. The Balaban J connectivity index is 1.77. The maximum absolute atomic E-state index is 12.8. The van der Waals surface area contributed by atoms with Crippen molar-refractivity contribution in [1.82, 2.24) is 10.7 Å². The number of nitrogens with zero attached hydrogens (tertiary/aromatic N) is 1. The van der Waals surface area contributed by atoms with Gasteiger partial charge >= 0.3 is 0 Å². The zero-order valence-electron chi connectivity index (χ0n) is 19.0. The first-order chi connectivity index (χ1) is 15.9. The van der Waals surface area contributed by atoms with Crippen molar-refractivity contribution < 1.29 is 14.3 Å². The smallest absolute Gasteiger partial charge is 0.262 e. The third-order valence-corrected chi connectivity index (χ3v) is 5.32. The number of carbonyl (C=O) groups excluding carboxylic acids is 2. The van der Waals surface area contributed by atoms with E-state index in [1.807, 2.05) is 57.2 Å². The summed E-state index contributed by atoms with van der Waals surface area (Å²) in [4.78, 5) is 25.4. The van der Waals surface area contributed by atoms with Crippen LogP contribution < -0.4 is 15.5 Å². The number of hydrogen-bond acceptors (Lipinski definition) is 4. The van der Waals surface area contributed by atoms with Crippen LogP contribution in [0.5, 0.6) is 5.75 Å². The minimum absolute atomic E-state index is 0.149. The molecule has 0 aliphatic heterocycles. The molecule has 3 aromatic carbocycles. The van der Waals surface area contributed by atoms with E-state index in [2.05, 4.69) is 15.8 Å². The Hall–Kier alpha value is -3.38. The van der Waals surface area contributed by atoms with E-state index in [0.29, 0.717) is 22.9 Å². The number of benzene rings is 3. The van der Waals surface area contributed by atoms with Crippen LogP contribution in [-0.2, 0) is 4.79 Å². The van der Waals surface area contributed by atoms with E-state index < -0.39 is 11.9 Å². The molecule has 2 N–H and O–H groups in total. The van der Waals surface area contributed by atoms with Crippen molar-refractivity contribution in [2.75, 3.05) is 6.61 Å². The molecule has 3 aromatic rings. The summed E-state index contributed by atoms with van der Waals surface area (Å²) < 4.78 is 5.88. The Morgan fingerprint density at radius 1 is 1.09 bits per heavy atom. The van der Waals surface area contributed by atoms with Crippen LogP contribution in [0.4, 0.5) is 0 Å². The molecule has 0 bridgehead atoms. The van der Waals surface area contributed by atoms with Crippen LogP contribution in [-0.4, -0.2) is 30.7 Å². The summed E-state index contributed by atoms with van der Waals surface area (Å²) in [6.45, 7) is 6.33. The van der Waals surface area contributed by atoms with E-state index >= 15 is 0 Å². The van der Waals surface area contributed by atoms with Gasteiger partial charge in [-0.05, 0) is 47.4 Å². The molecule has 7 heteroatoms. The summed E-state index contributed by atoms with van der Waals surface area (Å²) in [7, 11) is 0. The van der Waals surface area contributed by atoms with Gasteiger partial charge in [0.2, 0.25) is 0 Å². The minimum Gasteiger partial charge on any atom is -0.493 e. The molecule has 0 aliphatic carbocycles. The fraction of sp³-hybridized carbons (Fsp3) is 0.269. The van der Waals surface area contributed by atoms with Crippen molar-refractivity contribution in [2.45, 2.75) is 33.2 Å². The normalized spacial score (nSPS) is 12.2. The van der Waals surface area contributed by atoms with Crippen LogP contribution in [0.2, 0.25) is 5.02 Å². The summed E-state index contributed by atoms with van der Waals surface area (Å²) >= 11 is 5.97. The number of amides is 2. The zero-order chi connectivity index (χ0) is 23.8. The topological polar surface area (TPSA) is 79.8 Å². The maximum atomic E-state index is 12.8. The van der Waals surface area contributed by atoms with Crippen LogP contribution in [0.25, 0.3) is 10.8 Å². The Morgan fingerprint density at radius 2 is 1.88 bits per heavy atom. The van der Waals surface area contributed by atoms with Gasteiger partial charge in [0.25, 0.3) is 11.8 Å². The molecule has 172 valence electrons. The van der Waals surface area contributed by atoms with E-state index in [9.17, 15) is 9.59 Å². The molecule has 6 nitrogen and oxygen atoms in total. The quantitative estimate of drug-likeness (QED) is 0.337. The number of carbonyl (C=O) groups is 2. The van der Waals surface area contributed by atoms with Gasteiger partial charge in [-0.15, -0.1) is 0 Å². The predicted molar refractivity (Wildman–Crippen MR) is 133 cm³/mol. The highest BCUT2D eigenvalue weighted by molar-refractivity contribution is 6.31. The Kier molecular flexibility index (Phi) is 8.44. The number of ether oxygens (including phenoxy) is 1. The molecule has 33 heavy (non-hydrogen) atoms. The van der Waals surface area contributed by atoms with E-state index in [0.717, 1.165) is 22.8 Å². The molecule has 0 spiro atoms. The largest absolute Gasteiger partial charge is 0.493 e. The lowest BCUT2D eigenvalue weighted by molar-refractivity contribution is -0.123. The third kappa shape index (κ3) is 6.33. The number of hydrogen-bond donors (Lipinski definition) is 2. The molecule has 0 aliphatic rings. The third-order valence-electron chi connectivity index (χ3n) is 5.08. The van der Waals surface area contributed by atoms with Crippen molar-refractivity contribution in [3.8, 4) is 5.75 Å². The predicted octanol–water partition coefficient (Wildman–Crippen LogP) is 5.19. The van der Waals surface area contributed by atoms with Gasteiger partial charge in [0.05, 0.1) is 12.8 Å². The molecule has 0 saturated carbocycles. The number of rotatable bonds is 9. The van der Waals surface area contributed by atoms with E-state index in [1.54, 1.807) is 30.5 Å². The molecule has 0 aromatic heterocycles. The van der Waals surface area contributed by atoms with Crippen molar-refractivity contribution in [3.63, 3.8) is 0 Å². The summed E-state index contributed by atoms with van der Waals surface area (Å²) in [5.74, 6) is -0.236. The summed E-state index contributed by atoms with van der Waals surface area (Å²) in [5, 5.41) is 9.42. The van der Waals surface area contributed by atoms with Gasteiger partial charge in [-0.2, -0.15) is 5.10 Å². The lowest BCUT2D eigenvalue weighted by Gasteiger charge is -2.20. The Labute approximate surface area is 199 Å². The van der Waals surface area contributed by atoms with Gasteiger partial charge < -0.3 is 10.1 Å². The fourth-order valence-corrected chi connectivity index (χ4v) is 3.56. The number of nitrogens with one attached hydrogen (secondary N) is 2. The molecular weight excluding hydrogens is 438 g/mol. The Bertz CT molecular complexity index is 1160. The Morgan fingerprint density at radius 3 is 2.61 bits per heavy atom. The first kappa shape index (κ1) is 24.3. The van der Waals surface area contributed by atoms with Crippen LogP contribution in [0.15, 0.2) is 65.8 Å². The van der Waals surface area contributed by atoms with Crippen molar-refractivity contribution in [3.05, 3.63) is 76.8 Å². The average molecular weight is 466 g/mol. The molecule has 1 unspecified atom stereocenters. The lowest BCUT2D eigenvalue weighted by atomic mass is 10.0. The highest BCUT2D eigenvalue weighted by atomic mass is 35.5. The number of hydrazone groups is 1. The van der Waals surface area contributed by atoms with Gasteiger partial charge in [-0.25, -0.2) is 5.43 Å². The molecule has 2 amide bonds. The van der Waals surface area contributed by atoms with Gasteiger partial charge in [0, 0.05) is 16.1 Å². The second-order valence-corrected chi connectivity index (χ2v) is 8.42. The molecule has 1 atom stereocenters. The van der Waals surface area contributed by atoms with Gasteiger partial charge in [-0.3, -0.25) is 9.59 Å². The second kappa shape index (κ2) is 11.5. The maximum Gasteiger partial charge on any atom is 0.262 e. The van der Waals surface area contributed by atoms with Crippen molar-refractivity contribution in [2.24, 2.45) is 11.0 Å². The minimum atomic E-state index is -0.767. The fourth-order valence-electron chi connectivity index (χ4n) is 3.37. The number of halogens is 1. The van der Waals surface area contributed by atoms with Gasteiger partial charge in [-0.1, -0.05) is 68.8 Å². The molecule has 0 saturated heterocycles. The van der Waals surface area contributed by atoms with E-state index in [4.69, 9.17) is 16.3 Å². The molecule has 0 fully saturated rings. The zero-order valence-corrected chi connectivity index (χ0v) is 19.7. The highest BCUT2D eigenvalue weighted by Gasteiger charge is 2.24. The molecule has 0 heterocycles. The summed E-state index contributed by atoms with van der Waals surface area (Å²) in [6, 6.07) is 17.6. The second-order valence-electron chi connectivity index (χ2n) is 7.99. The molecule has 0 radical (unpaired) electrons. The summed E-state index contributed by atoms with van der Waals surface area (Å²) in [5.41, 5.74) is 3.73. The van der Waals surface area contributed by atoms with Gasteiger partial charge in [0.1, 0.15) is 11.8 Å². The van der Waals surface area contributed by atoms with Crippen molar-refractivity contribution in [1.29, 1.82) is 0 Å². The van der Waals surface area contributed by atoms with Crippen LogP contribution in [0.3, 0.4) is 0 Å². The van der Waals surface area contributed by atoms with E-state index in [1.165, 1.54) is 0 Å². The van der Waals surface area contributed by atoms with E-state index in [-0.39, 0.29) is 11.8 Å². The monoisotopic (exact) mass is 465 g/mol. The molecule has 3 rings (SSSR count). The first-order valence-electron chi connectivity index (χ1n) is 10.9. The standard InChI is InChI=1S/C26H28ClN3O3/c1-4-14-33-23-13-12-18-8-5-6-11-21(18)22(23)16-28-30-26(32)24(17(2)3)29-25(31)19-9-7-10-20(27)15-19/h5-13,15-17,24H,4,14H2,1-3H3,(H,29,31)(H,30,32). The van der Waals surface area contributed by atoms with Crippen molar-refractivity contribution >= 4 is 40.4 Å².